The lowest BCUT2D eigenvalue weighted by Crippen LogP contribution is -2.58. The summed E-state index contributed by atoms with van der Waals surface area (Å²) in [6.45, 7) is 5.23. The summed E-state index contributed by atoms with van der Waals surface area (Å²) in [5.74, 6) is 0.112. The zero-order chi connectivity index (χ0) is 12.5. The summed E-state index contributed by atoms with van der Waals surface area (Å²) < 4.78 is 0. The van der Waals surface area contributed by atoms with Crippen molar-refractivity contribution >= 4 is 11.8 Å². The smallest absolute Gasteiger partial charge is 0.245 e. The van der Waals surface area contributed by atoms with Gasteiger partial charge in [0, 0.05) is 6.54 Å². The molecule has 17 heavy (non-hydrogen) atoms. The summed E-state index contributed by atoms with van der Waals surface area (Å²) in [5, 5.41) is 2.79. The molecule has 0 aromatic heterocycles. The third-order valence-corrected chi connectivity index (χ3v) is 4.09. The molecule has 2 fully saturated rings. The molecule has 4 heteroatoms. The summed E-state index contributed by atoms with van der Waals surface area (Å²) in [4.78, 5) is 25.6. The second kappa shape index (κ2) is 4.67. The van der Waals surface area contributed by atoms with Gasteiger partial charge in [-0.1, -0.05) is 20.3 Å². The van der Waals surface area contributed by atoms with Crippen LogP contribution in [0.5, 0.6) is 0 Å². The fourth-order valence-electron chi connectivity index (χ4n) is 2.60. The average Bonchev–Trinajstić information content (AvgIpc) is 3.06. The van der Waals surface area contributed by atoms with Gasteiger partial charge >= 0.3 is 0 Å². The zero-order valence-corrected chi connectivity index (χ0v) is 10.8. The van der Waals surface area contributed by atoms with Crippen molar-refractivity contribution < 1.29 is 9.59 Å². The third kappa shape index (κ3) is 2.61. The van der Waals surface area contributed by atoms with Gasteiger partial charge in [0.15, 0.2) is 0 Å². The van der Waals surface area contributed by atoms with Crippen LogP contribution < -0.4 is 5.32 Å². The molecule has 1 atom stereocenters. The highest BCUT2D eigenvalue weighted by molar-refractivity contribution is 5.94. The first-order chi connectivity index (χ1) is 8.10. The van der Waals surface area contributed by atoms with Crippen LogP contribution in [-0.2, 0) is 9.59 Å². The van der Waals surface area contributed by atoms with Gasteiger partial charge < -0.3 is 10.2 Å². The summed E-state index contributed by atoms with van der Waals surface area (Å²) in [5.41, 5.74) is 0.323. The number of nitrogens with zero attached hydrogens (tertiary/aromatic N) is 1. The fourth-order valence-corrected chi connectivity index (χ4v) is 2.60. The Kier molecular flexibility index (Phi) is 3.40. The lowest BCUT2D eigenvalue weighted by Gasteiger charge is -2.34. The molecule has 96 valence electrons. The summed E-state index contributed by atoms with van der Waals surface area (Å²) >= 11 is 0. The maximum atomic E-state index is 12.2. The Hall–Kier alpha value is -1.06. The predicted octanol–water partition coefficient (Wildman–Crippen LogP) is 1.30. The van der Waals surface area contributed by atoms with Crippen LogP contribution >= 0.6 is 0 Å². The lowest BCUT2D eigenvalue weighted by molar-refractivity contribution is -0.145. The van der Waals surface area contributed by atoms with Crippen molar-refractivity contribution in [1.29, 1.82) is 0 Å². The van der Waals surface area contributed by atoms with E-state index in [9.17, 15) is 9.59 Å². The molecule has 1 heterocycles. The number of rotatable bonds is 5. The van der Waals surface area contributed by atoms with Crippen LogP contribution in [0.25, 0.3) is 0 Å². The average molecular weight is 238 g/mol. The normalized spacial score (nSPS) is 26.9. The van der Waals surface area contributed by atoms with E-state index >= 15 is 0 Å². The van der Waals surface area contributed by atoms with Crippen LogP contribution in [0.15, 0.2) is 0 Å². The highest BCUT2D eigenvalue weighted by atomic mass is 16.2. The van der Waals surface area contributed by atoms with Crippen molar-refractivity contribution in [1.82, 2.24) is 10.2 Å². The van der Waals surface area contributed by atoms with Gasteiger partial charge in [-0.25, -0.2) is 0 Å². The summed E-state index contributed by atoms with van der Waals surface area (Å²) in [6, 6.07) is -0.283. The summed E-state index contributed by atoms with van der Waals surface area (Å²) in [7, 11) is 0. The van der Waals surface area contributed by atoms with E-state index in [1.165, 1.54) is 12.8 Å². The molecule has 0 spiro atoms. The van der Waals surface area contributed by atoms with Crippen molar-refractivity contribution in [3.8, 4) is 0 Å². The van der Waals surface area contributed by atoms with Crippen LogP contribution in [0.2, 0.25) is 0 Å². The van der Waals surface area contributed by atoms with E-state index in [0.717, 1.165) is 25.8 Å². The molecule has 1 aliphatic carbocycles. The van der Waals surface area contributed by atoms with Crippen molar-refractivity contribution in [2.24, 2.45) is 5.41 Å². The number of amides is 2. The molecule has 0 aromatic carbocycles. The van der Waals surface area contributed by atoms with Gasteiger partial charge in [-0.2, -0.15) is 0 Å². The van der Waals surface area contributed by atoms with Crippen LogP contribution in [-0.4, -0.2) is 35.8 Å². The first kappa shape index (κ1) is 12.4. The lowest BCUT2D eigenvalue weighted by atomic mass is 10.0. The highest BCUT2D eigenvalue weighted by Crippen LogP contribution is 2.49. The molecular weight excluding hydrogens is 216 g/mol. The van der Waals surface area contributed by atoms with Crippen LogP contribution in [0.3, 0.4) is 0 Å². The van der Waals surface area contributed by atoms with E-state index in [4.69, 9.17) is 0 Å². The molecule has 1 unspecified atom stereocenters. The SMILES string of the molecule is CCCC1NC(=O)CN(CC2(CC)CC2)C1=O. The Morgan fingerprint density at radius 2 is 2.06 bits per heavy atom. The van der Waals surface area contributed by atoms with Gasteiger partial charge in [-0.3, -0.25) is 9.59 Å². The van der Waals surface area contributed by atoms with Crippen molar-refractivity contribution in [3.63, 3.8) is 0 Å². The Morgan fingerprint density at radius 3 is 2.59 bits per heavy atom. The number of hydrogen-bond acceptors (Lipinski definition) is 2. The van der Waals surface area contributed by atoms with Crippen LogP contribution in [0.4, 0.5) is 0 Å². The van der Waals surface area contributed by atoms with Crippen LogP contribution in [0.1, 0.15) is 46.0 Å². The molecule has 0 aromatic rings. The van der Waals surface area contributed by atoms with Gasteiger partial charge in [0.05, 0.1) is 6.54 Å². The maximum Gasteiger partial charge on any atom is 0.245 e. The molecule has 1 saturated heterocycles. The van der Waals surface area contributed by atoms with E-state index < -0.39 is 0 Å². The number of carbonyl (C=O) groups is 2. The van der Waals surface area contributed by atoms with E-state index in [1.54, 1.807) is 4.90 Å². The number of hydrogen-bond donors (Lipinski definition) is 1. The van der Waals surface area contributed by atoms with Gasteiger partial charge in [-0.15, -0.1) is 0 Å². The second-order valence-electron chi connectivity index (χ2n) is 5.46. The first-order valence-corrected chi connectivity index (χ1v) is 6.68. The molecule has 0 radical (unpaired) electrons. The Morgan fingerprint density at radius 1 is 1.35 bits per heavy atom. The highest BCUT2D eigenvalue weighted by Gasteiger charge is 2.45. The molecule has 1 N–H and O–H groups in total. The number of nitrogens with one attached hydrogen (secondary N) is 1. The maximum absolute atomic E-state index is 12.2. The predicted molar refractivity (Wildman–Crippen MR) is 65.4 cm³/mol. The van der Waals surface area contributed by atoms with E-state index in [2.05, 4.69) is 12.2 Å². The molecule has 2 aliphatic rings. The van der Waals surface area contributed by atoms with Crippen molar-refractivity contribution in [2.75, 3.05) is 13.1 Å². The Labute approximate surface area is 103 Å². The zero-order valence-electron chi connectivity index (χ0n) is 10.8. The number of piperazine rings is 1. The monoisotopic (exact) mass is 238 g/mol. The van der Waals surface area contributed by atoms with Gasteiger partial charge in [0.1, 0.15) is 6.04 Å². The van der Waals surface area contributed by atoms with E-state index in [-0.39, 0.29) is 24.4 Å². The quantitative estimate of drug-likeness (QED) is 0.785. The van der Waals surface area contributed by atoms with Crippen molar-refractivity contribution in [2.45, 2.75) is 52.0 Å². The molecule has 2 amide bonds. The largest absolute Gasteiger partial charge is 0.343 e. The van der Waals surface area contributed by atoms with Crippen molar-refractivity contribution in [3.05, 3.63) is 0 Å². The Balaban J connectivity index is 2.00. The standard InChI is InChI=1S/C13H22N2O2/c1-3-5-10-12(17)15(8-11(16)14-10)9-13(4-2)6-7-13/h10H,3-9H2,1-2H3,(H,14,16). The van der Waals surface area contributed by atoms with Gasteiger partial charge in [0.25, 0.3) is 0 Å². The minimum atomic E-state index is -0.283. The van der Waals surface area contributed by atoms with E-state index in [0.29, 0.717) is 5.41 Å². The van der Waals surface area contributed by atoms with Gasteiger partial charge in [-0.05, 0) is 31.1 Å². The second-order valence-corrected chi connectivity index (χ2v) is 5.46. The van der Waals surface area contributed by atoms with Gasteiger partial charge in [0.2, 0.25) is 11.8 Å². The van der Waals surface area contributed by atoms with E-state index in [1.807, 2.05) is 6.92 Å². The topological polar surface area (TPSA) is 49.4 Å². The third-order valence-electron chi connectivity index (χ3n) is 4.09. The molecule has 0 bridgehead atoms. The van der Waals surface area contributed by atoms with Crippen LogP contribution in [0, 0.1) is 5.41 Å². The number of carbonyl (C=O) groups excluding carboxylic acids is 2. The minimum absolute atomic E-state index is 0.00467. The molecule has 1 aliphatic heterocycles. The minimum Gasteiger partial charge on any atom is -0.343 e. The molecular formula is C13H22N2O2. The molecule has 1 saturated carbocycles. The molecule has 4 nitrogen and oxygen atoms in total. The first-order valence-electron chi connectivity index (χ1n) is 6.68. The fraction of sp³-hybridized carbons (Fsp3) is 0.846. The summed E-state index contributed by atoms with van der Waals surface area (Å²) in [6.07, 6.45) is 5.18. The Bertz CT molecular complexity index is 323. The molecule has 2 rings (SSSR count).